The van der Waals surface area contributed by atoms with Crippen LogP contribution in [0.3, 0.4) is 0 Å². The highest BCUT2D eigenvalue weighted by Gasteiger charge is 2.31. The van der Waals surface area contributed by atoms with E-state index in [-0.39, 0.29) is 6.04 Å². The molecule has 3 fully saturated rings. The third-order valence-electron chi connectivity index (χ3n) is 5.32. The number of hydrogen-bond acceptors (Lipinski definition) is 6. The largest absolute Gasteiger partial charge is 0.356 e. The second kappa shape index (κ2) is 7.47. The van der Waals surface area contributed by atoms with E-state index in [0.29, 0.717) is 26.2 Å². The molecule has 0 spiro atoms. The van der Waals surface area contributed by atoms with Crippen molar-refractivity contribution in [3.8, 4) is 0 Å². The summed E-state index contributed by atoms with van der Waals surface area (Å²) in [6.07, 6.45) is 7.31. The summed E-state index contributed by atoms with van der Waals surface area (Å²) in [5.41, 5.74) is 0. The number of aromatic nitrogens is 2. The maximum absolute atomic E-state index is 12.2. The summed E-state index contributed by atoms with van der Waals surface area (Å²) in [5.74, 6) is 1.01. The Kier molecular flexibility index (Phi) is 4.90. The Morgan fingerprint density at radius 1 is 0.885 bits per heavy atom. The van der Waals surface area contributed by atoms with Gasteiger partial charge in [-0.2, -0.15) is 0 Å². The molecule has 2 saturated heterocycles. The van der Waals surface area contributed by atoms with Gasteiger partial charge in [-0.05, 0) is 32.1 Å². The average Bonchev–Trinajstić information content (AvgIpc) is 3.52. The quantitative estimate of drug-likeness (QED) is 0.788. The molecule has 4 rings (SSSR count). The summed E-state index contributed by atoms with van der Waals surface area (Å²) < 4.78 is 0. The topological polar surface area (TPSA) is 81.7 Å². The summed E-state index contributed by atoms with van der Waals surface area (Å²) in [6, 6.07) is 2.25. The Morgan fingerprint density at radius 3 is 2.12 bits per heavy atom. The van der Waals surface area contributed by atoms with Crippen LogP contribution in [0.1, 0.15) is 32.1 Å². The van der Waals surface area contributed by atoms with Gasteiger partial charge in [-0.3, -0.25) is 9.59 Å². The van der Waals surface area contributed by atoms with Crippen molar-refractivity contribution < 1.29 is 9.59 Å². The van der Waals surface area contributed by atoms with E-state index in [1.807, 2.05) is 6.07 Å². The smallest absolute Gasteiger partial charge is 0.312 e. The Bertz CT molecular complexity index is 663. The highest BCUT2D eigenvalue weighted by Crippen LogP contribution is 2.22. The van der Waals surface area contributed by atoms with Gasteiger partial charge in [-0.15, -0.1) is 0 Å². The van der Waals surface area contributed by atoms with E-state index in [9.17, 15) is 9.59 Å². The number of anilines is 2. The fourth-order valence-electron chi connectivity index (χ4n) is 3.56. The fourth-order valence-corrected chi connectivity index (χ4v) is 3.56. The zero-order valence-corrected chi connectivity index (χ0v) is 15.1. The zero-order chi connectivity index (χ0) is 17.9. The monoisotopic (exact) mass is 358 g/mol. The van der Waals surface area contributed by atoms with Gasteiger partial charge >= 0.3 is 11.8 Å². The van der Waals surface area contributed by atoms with Crippen molar-refractivity contribution in [3.63, 3.8) is 0 Å². The van der Waals surface area contributed by atoms with Crippen LogP contribution in [0.15, 0.2) is 12.4 Å². The van der Waals surface area contributed by atoms with E-state index in [4.69, 9.17) is 0 Å². The number of carbonyl (C=O) groups is 2. The highest BCUT2D eigenvalue weighted by atomic mass is 16.2. The molecule has 0 atom stereocenters. The predicted octanol–water partition coefficient (Wildman–Crippen LogP) is 0.394. The Labute approximate surface area is 153 Å². The molecule has 8 heteroatoms. The van der Waals surface area contributed by atoms with E-state index in [0.717, 1.165) is 37.6 Å². The molecule has 1 saturated carbocycles. The Hall–Kier alpha value is -2.38. The first-order valence-electron chi connectivity index (χ1n) is 9.62. The zero-order valence-electron chi connectivity index (χ0n) is 15.1. The summed E-state index contributed by atoms with van der Waals surface area (Å²) in [6.45, 7) is 4.54. The maximum atomic E-state index is 12.2. The Morgan fingerprint density at radius 2 is 1.50 bits per heavy atom. The van der Waals surface area contributed by atoms with E-state index >= 15 is 0 Å². The first kappa shape index (κ1) is 17.1. The third-order valence-corrected chi connectivity index (χ3v) is 5.32. The van der Waals surface area contributed by atoms with Crippen LogP contribution in [-0.4, -0.2) is 72.0 Å². The molecule has 3 aliphatic rings. The molecule has 8 nitrogen and oxygen atoms in total. The normalized spacial score (nSPS) is 20.8. The molecule has 0 bridgehead atoms. The molecule has 26 heavy (non-hydrogen) atoms. The van der Waals surface area contributed by atoms with Crippen molar-refractivity contribution in [2.24, 2.45) is 0 Å². The lowest BCUT2D eigenvalue weighted by Gasteiger charge is -2.35. The van der Waals surface area contributed by atoms with Gasteiger partial charge in [0, 0.05) is 51.4 Å². The lowest BCUT2D eigenvalue weighted by atomic mass is 10.1. The van der Waals surface area contributed by atoms with Crippen LogP contribution < -0.4 is 15.1 Å². The van der Waals surface area contributed by atoms with Crippen molar-refractivity contribution in [2.75, 3.05) is 49.1 Å². The van der Waals surface area contributed by atoms with Crippen LogP contribution in [0.2, 0.25) is 0 Å². The minimum Gasteiger partial charge on any atom is -0.356 e. The fraction of sp³-hybridized carbons (Fsp3) is 0.667. The van der Waals surface area contributed by atoms with Gasteiger partial charge < -0.3 is 20.0 Å². The molecular formula is C18H26N6O2. The van der Waals surface area contributed by atoms with Gasteiger partial charge in [0.2, 0.25) is 0 Å². The average molecular weight is 358 g/mol. The van der Waals surface area contributed by atoms with E-state index in [2.05, 4.69) is 25.1 Å². The van der Waals surface area contributed by atoms with Crippen molar-refractivity contribution in [2.45, 2.75) is 38.1 Å². The summed E-state index contributed by atoms with van der Waals surface area (Å²) in [4.78, 5) is 39.1. The van der Waals surface area contributed by atoms with Gasteiger partial charge in [0.05, 0.1) is 0 Å². The molecule has 1 N–H and O–H groups in total. The first-order chi connectivity index (χ1) is 12.7. The van der Waals surface area contributed by atoms with E-state index in [1.54, 1.807) is 11.2 Å². The lowest BCUT2D eigenvalue weighted by Crippen LogP contribution is -2.53. The standard InChI is InChI=1S/C18H26N6O2/c25-17(21-14-4-5-14)18(26)24-10-8-23(9-11-24)16-12-15(19-13-20-16)22-6-2-1-3-7-22/h12-14H,1-11H2,(H,21,25). The molecule has 2 amide bonds. The Balaban J connectivity index is 1.34. The van der Waals surface area contributed by atoms with Gasteiger partial charge in [0.15, 0.2) is 0 Å². The van der Waals surface area contributed by atoms with E-state index < -0.39 is 11.8 Å². The maximum Gasteiger partial charge on any atom is 0.312 e. The minimum atomic E-state index is -0.463. The molecular weight excluding hydrogens is 332 g/mol. The lowest BCUT2D eigenvalue weighted by molar-refractivity contribution is -0.146. The molecule has 0 aromatic carbocycles. The van der Waals surface area contributed by atoms with Crippen LogP contribution in [0.5, 0.6) is 0 Å². The molecule has 1 aromatic heterocycles. The first-order valence-corrected chi connectivity index (χ1v) is 9.62. The number of rotatable bonds is 3. The van der Waals surface area contributed by atoms with Crippen LogP contribution >= 0.6 is 0 Å². The van der Waals surface area contributed by atoms with Crippen LogP contribution in [0.25, 0.3) is 0 Å². The number of nitrogens with one attached hydrogen (secondary N) is 1. The molecule has 3 heterocycles. The summed E-state index contributed by atoms with van der Waals surface area (Å²) in [7, 11) is 0. The number of carbonyl (C=O) groups excluding carboxylic acids is 2. The number of hydrogen-bond donors (Lipinski definition) is 1. The second-order valence-electron chi connectivity index (χ2n) is 7.31. The van der Waals surface area contributed by atoms with Crippen LogP contribution in [-0.2, 0) is 9.59 Å². The minimum absolute atomic E-state index is 0.210. The van der Waals surface area contributed by atoms with Crippen LogP contribution in [0.4, 0.5) is 11.6 Å². The molecule has 2 aliphatic heterocycles. The van der Waals surface area contributed by atoms with Gasteiger partial charge in [-0.1, -0.05) is 0 Å². The molecule has 1 aromatic rings. The van der Waals surface area contributed by atoms with Crippen molar-refractivity contribution in [1.29, 1.82) is 0 Å². The molecule has 1 aliphatic carbocycles. The number of piperidine rings is 1. The highest BCUT2D eigenvalue weighted by molar-refractivity contribution is 6.35. The van der Waals surface area contributed by atoms with Crippen molar-refractivity contribution in [1.82, 2.24) is 20.2 Å². The van der Waals surface area contributed by atoms with E-state index in [1.165, 1.54) is 19.3 Å². The molecule has 0 radical (unpaired) electrons. The number of amides is 2. The van der Waals surface area contributed by atoms with Crippen LogP contribution in [0, 0.1) is 0 Å². The number of nitrogens with zero attached hydrogens (tertiary/aromatic N) is 5. The molecule has 0 unspecified atom stereocenters. The van der Waals surface area contributed by atoms with Gasteiger partial charge in [-0.25, -0.2) is 9.97 Å². The summed E-state index contributed by atoms with van der Waals surface area (Å²) >= 11 is 0. The second-order valence-corrected chi connectivity index (χ2v) is 7.31. The van der Waals surface area contributed by atoms with Crippen molar-refractivity contribution in [3.05, 3.63) is 12.4 Å². The van der Waals surface area contributed by atoms with Gasteiger partial charge in [0.1, 0.15) is 18.0 Å². The predicted molar refractivity (Wildman–Crippen MR) is 98.1 cm³/mol. The van der Waals surface area contributed by atoms with Crippen molar-refractivity contribution >= 4 is 23.5 Å². The third kappa shape index (κ3) is 3.89. The summed E-state index contributed by atoms with van der Waals surface area (Å²) in [5, 5.41) is 2.77. The SMILES string of the molecule is O=C(NC1CC1)C(=O)N1CCN(c2cc(N3CCCCC3)ncn2)CC1. The molecule has 140 valence electrons. The number of piperazine rings is 1. The van der Waals surface area contributed by atoms with Gasteiger partial charge in [0.25, 0.3) is 0 Å².